The van der Waals surface area contributed by atoms with Crippen LogP contribution in [0.15, 0.2) is 142 Å². The molecule has 6 aromatic carbocycles. The van der Waals surface area contributed by atoms with Crippen molar-refractivity contribution in [3.05, 3.63) is 199 Å². The first-order valence-electron chi connectivity index (χ1n) is 22.1. The maximum Gasteiger partial charge on any atom is 0.335 e. The summed E-state index contributed by atoms with van der Waals surface area (Å²) in [5.41, 5.74) is 6.56. The van der Waals surface area contributed by atoms with E-state index in [0.717, 1.165) is 32.5 Å². The highest BCUT2D eigenvalue weighted by molar-refractivity contribution is 9.10. The van der Waals surface area contributed by atoms with Crippen molar-refractivity contribution in [1.29, 1.82) is 0 Å². The Morgan fingerprint density at radius 1 is 0.575 bits per heavy atom. The minimum absolute atomic E-state index is 0.00722. The molecule has 0 fully saturated rings. The van der Waals surface area contributed by atoms with Crippen molar-refractivity contribution < 1.29 is 56.4 Å². The molecule has 0 bridgehead atoms. The number of benzene rings is 6. The summed E-state index contributed by atoms with van der Waals surface area (Å²) in [7, 11) is 1.57. The molecule has 12 nitrogen and oxygen atoms in total. The van der Waals surface area contributed by atoms with Crippen LogP contribution in [0.25, 0.3) is 33.9 Å². The van der Waals surface area contributed by atoms with E-state index in [1.54, 1.807) is 43.4 Å². The molecule has 8 rings (SSSR count). The van der Waals surface area contributed by atoms with Gasteiger partial charge >= 0.3 is 11.9 Å². The minimum atomic E-state index is -1.14. The van der Waals surface area contributed by atoms with Crippen LogP contribution in [-0.2, 0) is 22.8 Å². The maximum atomic E-state index is 14.2. The van der Waals surface area contributed by atoms with Crippen molar-refractivity contribution in [1.82, 2.24) is 9.13 Å². The third-order valence-electron chi connectivity index (χ3n) is 11.4. The number of aromatic nitrogens is 2. The standard InChI is InChI=1S/C28H23BrF2N2O4.C27H21BrF2N2O4/c1-16-4-8-26(33(16)23-11-19(28(35)36)10-22(14-23)32(3)17(2)34)24-12-20(29)6-9-27(24)37-15-18-5-7-21(30)13-25(18)31;1-15-3-7-25(32(15)22-10-18(27(34)35)9-21(13-22)31-16(2)33)23-11-19(28)5-8-26(23)36-14-17-4-6-20(29)12-24(17)30/h4-14H,15H2,1-3H3,(H,35,36);3-13H,14H2,1-2H3,(H,31,33)(H,34,35). The van der Waals surface area contributed by atoms with Gasteiger partial charge in [-0.3, -0.25) is 9.59 Å². The molecule has 0 saturated heterocycles. The molecule has 0 atom stereocenters. The van der Waals surface area contributed by atoms with Crippen molar-refractivity contribution in [2.45, 2.75) is 40.9 Å². The number of carboxylic acids is 2. The summed E-state index contributed by atoms with van der Waals surface area (Å²) in [6, 6.07) is 34.0. The molecule has 0 unspecified atom stereocenters. The Morgan fingerprint density at radius 2 is 1.03 bits per heavy atom. The number of carbonyl (C=O) groups excluding carboxylic acids is 2. The Kier molecular flexibility index (Phi) is 16.4. The van der Waals surface area contributed by atoms with Crippen LogP contribution in [0, 0.1) is 37.1 Å². The number of halogens is 6. The van der Waals surface area contributed by atoms with Gasteiger partial charge in [-0.15, -0.1) is 0 Å². The summed E-state index contributed by atoms with van der Waals surface area (Å²) < 4.78 is 72.1. The summed E-state index contributed by atoms with van der Waals surface area (Å²) in [5.74, 6) is -4.69. The fourth-order valence-electron chi connectivity index (χ4n) is 7.79. The largest absolute Gasteiger partial charge is 0.488 e. The van der Waals surface area contributed by atoms with Gasteiger partial charge in [0.05, 0.1) is 22.5 Å². The van der Waals surface area contributed by atoms with Gasteiger partial charge in [-0.2, -0.15) is 0 Å². The lowest BCUT2D eigenvalue weighted by Crippen LogP contribution is -2.23. The number of anilines is 2. The van der Waals surface area contributed by atoms with Crippen LogP contribution in [0.5, 0.6) is 11.5 Å². The quantitative estimate of drug-likeness (QED) is 0.0910. The maximum absolute atomic E-state index is 14.2. The lowest BCUT2D eigenvalue weighted by Gasteiger charge is -2.20. The van der Waals surface area contributed by atoms with Crippen molar-refractivity contribution in [3.8, 4) is 45.4 Å². The molecule has 0 aliphatic carbocycles. The molecule has 0 aliphatic heterocycles. The van der Waals surface area contributed by atoms with Crippen molar-refractivity contribution in [2.75, 3.05) is 17.3 Å². The van der Waals surface area contributed by atoms with Crippen LogP contribution >= 0.6 is 31.9 Å². The summed E-state index contributed by atoms with van der Waals surface area (Å²) in [4.78, 5) is 48.6. The number of hydrogen-bond acceptors (Lipinski definition) is 6. The number of carbonyl (C=O) groups is 4. The summed E-state index contributed by atoms with van der Waals surface area (Å²) in [6.45, 7) is 6.23. The van der Waals surface area contributed by atoms with Gasteiger partial charge in [0.2, 0.25) is 11.8 Å². The molecule has 18 heteroatoms. The number of aryl methyl sites for hydroxylation is 2. The predicted molar refractivity (Wildman–Crippen MR) is 276 cm³/mol. The Balaban J connectivity index is 0.000000214. The van der Waals surface area contributed by atoms with E-state index in [-0.39, 0.29) is 47.3 Å². The molecular weight excluding hydrogens is 1080 g/mol. The van der Waals surface area contributed by atoms with E-state index in [9.17, 15) is 47.0 Å². The molecule has 0 spiro atoms. The number of nitrogens with one attached hydrogen (secondary N) is 1. The van der Waals surface area contributed by atoms with Gasteiger partial charge in [0.1, 0.15) is 48.0 Å². The average molecular weight is 1120 g/mol. The first kappa shape index (κ1) is 52.9. The summed E-state index contributed by atoms with van der Waals surface area (Å²) in [6.07, 6.45) is 0. The van der Waals surface area contributed by atoms with E-state index >= 15 is 0 Å². The number of amides is 2. The van der Waals surface area contributed by atoms with Gasteiger partial charge in [0.25, 0.3) is 0 Å². The summed E-state index contributed by atoms with van der Waals surface area (Å²) >= 11 is 6.96. The van der Waals surface area contributed by atoms with Crippen LogP contribution in [0.4, 0.5) is 28.9 Å². The highest BCUT2D eigenvalue weighted by Crippen LogP contribution is 2.39. The van der Waals surface area contributed by atoms with E-state index in [4.69, 9.17) is 9.47 Å². The third-order valence-corrected chi connectivity index (χ3v) is 12.4. The lowest BCUT2D eigenvalue weighted by atomic mass is 10.1. The minimum Gasteiger partial charge on any atom is -0.488 e. The number of carboxylic acid groups (broad SMARTS) is 2. The van der Waals surface area contributed by atoms with E-state index in [1.165, 1.54) is 67.3 Å². The second-order valence-corrected chi connectivity index (χ2v) is 18.4. The zero-order chi connectivity index (χ0) is 52.8. The molecule has 2 amide bonds. The Hall–Kier alpha value is -7.96. The average Bonchev–Trinajstić information content (AvgIpc) is 3.92. The van der Waals surface area contributed by atoms with Crippen molar-refractivity contribution in [2.24, 2.45) is 0 Å². The lowest BCUT2D eigenvalue weighted by molar-refractivity contribution is -0.116. The number of ether oxygens (including phenoxy) is 2. The van der Waals surface area contributed by atoms with E-state index < -0.39 is 35.2 Å². The van der Waals surface area contributed by atoms with Crippen LogP contribution < -0.4 is 19.7 Å². The van der Waals surface area contributed by atoms with Crippen LogP contribution in [0.2, 0.25) is 0 Å². The molecule has 374 valence electrons. The molecule has 73 heavy (non-hydrogen) atoms. The SMILES string of the molecule is CC(=O)N(C)c1cc(C(=O)O)cc(-n2c(C)ccc2-c2cc(Br)ccc2OCc2ccc(F)cc2F)c1.CC(=O)Nc1cc(C(=O)O)cc(-n2c(C)ccc2-c2cc(Br)ccc2OCc2ccc(F)cc2F)c1. The van der Waals surface area contributed by atoms with Gasteiger partial charge in [0, 0.05) is 98.4 Å². The highest BCUT2D eigenvalue weighted by Gasteiger charge is 2.21. The molecule has 0 aliphatic rings. The zero-order valence-corrected chi connectivity index (χ0v) is 42.7. The molecule has 3 N–H and O–H groups in total. The number of hydrogen-bond donors (Lipinski definition) is 3. The second-order valence-electron chi connectivity index (χ2n) is 16.6. The van der Waals surface area contributed by atoms with Crippen molar-refractivity contribution >= 4 is 67.0 Å². The predicted octanol–water partition coefficient (Wildman–Crippen LogP) is 13.5. The Morgan fingerprint density at radius 3 is 1.45 bits per heavy atom. The number of aromatic carboxylic acids is 2. The molecule has 0 radical (unpaired) electrons. The molecular formula is C55H44Br2F4N4O8. The first-order chi connectivity index (χ1) is 34.7. The fraction of sp³-hybridized carbons (Fsp3) is 0.127. The smallest absolute Gasteiger partial charge is 0.335 e. The zero-order valence-electron chi connectivity index (χ0n) is 39.6. The van der Waals surface area contributed by atoms with Gasteiger partial charge in [-0.1, -0.05) is 31.9 Å². The van der Waals surface area contributed by atoms with Gasteiger partial charge < -0.3 is 39.0 Å². The second kappa shape index (κ2) is 22.6. The van der Waals surface area contributed by atoms with Crippen LogP contribution in [0.1, 0.15) is 57.1 Å². The van der Waals surface area contributed by atoms with Crippen LogP contribution in [0.3, 0.4) is 0 Å². The topological polar surface area (TPSA) is 152 Å². The summed E-state index contributed by atoms with van der Waals surface area (Å²) in [5, 5.41) is 22.0. The molecule has 2 aromatic heterocycles. The Bertz CT molecular complexity index is 3450. The Labute approximate surface area is 433 Å². The highest BCUT2D eigenvalue weighted by atomic mass is 79.9. The molecule has 2 heterocycles. The normalized spacial score (nSPS) is 10.8. The fourth-order valence-corrected chi connectivity index (χ4v) is 8.51. The first-order valence-corrected chi connectivity index (χ1v) is 23.6. The third kappa shape index (κ3) is 12.6. The van der Waals surface area contributed by atoms with Crippen molar-refractivity contribution in [3.63, 3.8) is 0 Å². The van der Waals surface area contributed by atoms with Gasteiger partial charge in [0.15, 0.2) is 0 Å². The number of nitrogens with zero attached hydrogens (tertiary/aromatic N) is 3. The van der Waals surface area contributed by atoms with Gasteiger partial charge in [-0.05, 0) is 135 Å². The molecule has 0 saturated carbocycles. The van der Waals surface area contributed by atoms with E-state index in [0.29, 0.717) is 56.8 Å². The van der Waals surface area contributed by atoms with Crippen LogP contribution in [-0.4, -0.2) is 50.1 Å². The monoisotopic (exact) mass is 1120 g/mol. The van der Waals surface area contributed by atoms with Gasteiger partial charge in [-0.25, -0.2) is 27.2 Å². The molecule has 8 aromatic rings. The van der Waals surface area contributed by atoms with E-state index in [2.05, 4.69) is 37.2 Å². The number of rotatable bonds is 14. The van der Waals surface area contributed by atoms with E-state index in [1.807, 2.05) is 59.4 Å².